The maximum absolute atomic E-state index is 12.2. The monoisotopic (exact) mass is 471 g/mol. The molecule has 2 aliphatic heterocycles. The summed E-state index contributed by atoms with van der Waals surface area (Å²) in [5.74, 6) is 1.02. The molecule has 4 rings (SSSR count). The van der Waals surface area contributed by atoms with Crippen LogP contribution in [-0.4, -0.2) is 53.8 Å². The van der Waals surface area contributed by atoms with Gasteiger partial charge < -0.3 is 19.5 Å². The van der Waals surface area contributed by atoms with Gasteiger partial charge >= 0.3 is 6.09 Å². The van der Waals surface area contributed by atoms with E-state index in [9.17, 15) is 9.90 Å². The van der Waals surface area contributed by atoms with E-state index in [2.05, 4.69) is 5.32 Å². The van der Waals surface area contributed by atoms with Crippen molar-refractivity contribution < 1.29 is 19.4 Å². The molecule has 0 radical (unpaired) electrons. The normalized spacial score (nSPS) is 19.8. The van der Waals surface area contributed by atoms with E-state index in [1.165, 1.54) is 0 Å². The first kappa shape index (κ1) is 23.4. The molecule has 33 heavy (non-hydrogen) atoms. The third-order valence-electron chi connectivity index (χ3n) is 6.17. The fourth-order valence-corrected chi connectivity index (χ4v) is 4.70. The molecule has 176 valence electrons. The molecular formula is C25H30ClN3O4. The molecule has 2 aromatic carbocycles. The van der Waals surface area contributed by atoms with Crippen LogP contribution in [0.2, 0.25) is 5.02 Å². The minimum Gasteiger partial charge on any atom is -0.508 e. The van der Waals surface area contributed by atoms with Crippen LogP contribution in [0, 0.1) is 0 Å². The molecule has 1 fully saturated rings. The van der Waals surface area contributed by atoms with Crippen LogP contribution in [0.5, 0.6) is 11.5 Å². The molecule has 0 saturated carbocycles. The first-order valence-corrected chi connectivity index (χ1v) is 11.8. The third-order valence-corrected chi connectivity index (χ3v) is 6.40. The number of phenolic OH excluding ortho intramolecular Hbond substituents is 1. The molecule has 1 saturated heterocycles. The number of aliphatic imine (C=N–C) groups is 1. The van der Waals surface area contributed by atoms with Crippen molar-refractivity contribution in [2.24, 2.45) is 4.99 Å². The average molecular weight is 472 g/mol. The average Bonchev–Trinajstić information content (AvgIpc) is 2.81. The van der Waals surface area contributed by atoms with Gasteiger partial charge in [-0.2, -0.15) is 0 Å². The number of phenols is 1. The summed E-state index contributed by atoms with van der Waals surface area (Å²) in [6.07, 6.45) is 1.60. The molecule has 2 aromatic rings. The van der Waals surface area contributed by atoms with Gasteiger partial charge in [-0.15, -0.1) is 0 Å². The van der Waals surface area contributed by atoms with Crippen LogP contribution in [0.3, 0.4) is 0 Å². The molecule has 2 N–H and O–H groups in total. The van der Waals surface area contributed by atoms with Gasteiger partial charge in [0.25, 0.3) is 0 Å². The number of carbonyl (C=O) groups excluding carboxylic acids is 1. The molecule has 1 spiro atoms. The highest BCUT2D eigenvalue weighted by Crippen LogP contribution is 2.38. The minimum absolute atomic E-state index is 0.170. The molecular weight excluding hydrogens is 442 g/mol. The summed E-state index contributed by atoms with van der Waals surface area (Å²) >= 11 is 6.26. The minimum atomic E-state index is -0.547. The number of nitrogens with one attached hydrogen (secondary N) is 1. The number of hydrogen-bond donors (Lipinski definition) is 2. The van der Waals surface area contributed by atoms with Gasteiger partial charge in [0.2, 0.25) is 0 Å². The standard InChI is InChI=1S/C25H30ClN3O4/c1-3-32-19-8-5-17(6-9-19)21-16-22(20-15-18(26)7-10-23(20)30)28-25(27-21)11-13-29(14-12-25)24(31)33-4-2/h5-10,15,22,28,30H,3-4,11-14,16H2,1-2H3/t22-/m0/s1. The Hall–Kier alpha value is -2.77. The number of aromatic hydroxyl groups is 1. The zero-order valence-corrected chi connectivity index (χ0v) is 19.8. The number of rotatable bonds is 5. The van der Waals surface area contributed by atoms with E-state index in [-0.39, 0.29) is 17.9 Å². The molecule has 1 amide bonds. The lowest BCUT2D eigenvalue weighted by Crippen LogP contribution is -2.56. The molecule has 0 aromatic heterocycles. The second-order valence-corrected chi connectivity index (χ2v) is 8.77. The topological polar surface area (TPSA) is 83.4 Å². The lowest BCUT2D eigenvalue weighted by Gasteiger charge is -2.45. The Morgan fingerprint density at radius 2 is 1.91 bits per heavy atom. The zero-order chi connectivity index (χ0) is 23.4. The highest BCUT2D eigenvalue weighted by Gasteiger charge is 2.41. The number of hydrogen-bond acceptors (Lipinski definition) is 6. The number of benzene rings is 2. The lowest BCUT2D eigenvalue weighted by atomic mass is 9.87. The quantitative estimate of drug-likeness (QED) is 0.646. The van der Waals surface area contributed by atoms with Crippen LogP contribution >= 0.6 is 11.6 Å². The van der Waals surface area contributed by atoms with Gasteiger partial charge in [-0.1, -0.05) is 11.6 Å². The van der Waals surface area contributed by atoms with Crippen molar-refractivity contribution in [1.29, 1.82) is 0 Å². The fraction of sp³-hybridized carbons (Fsp3) is 0.440. The van der Waals surface area contributed by atoms with Crippen LogP contribution in [0.4, 0.5) is 4.79 Å². The molecule has 7 nitrogen and oxygen atoms in total. The number of ether oxygens (including phenoxy) is 2. The predicted molar refractivity (Wildman–Crippen MR) is 128 cm³/mol. The van der Waals surface area contributed by atoms with Gasteiger partial charge in [-0.05, 0) is 61.9 Å². The second-order valence-electron chi connectivity index (χ2n) is 8.34. The van der Waals surface area contributed by atoms with Gasteiger partial charge in [-0.25, -0.2) is 4.79 Å². The van der Waals surface area contributed by atoms with Crippen molar-refractivity contribution in [3.8, 4) is 11.5 Å². The van der Waals surface area contributed by atoms with Gasteiger partial charge in [-0.3, -0.25) is 10.3 Å². The molecule has 8 heteroatoms. The summed E-state index contributed by atoms with van der Waals surface area (Å²) < 4.78 is 10.8. The Morgan fingerprint density at radius 1 is 1.18 bits per heavy atom. The molecule has 0 bridgehead atoms. The Balaban J connectivity index is 1.65. The zero-order valence-electron chi connectivity index (χ0n) is 19.0. The summed E-state index contributed by atoms with van der Waals surface area (Å²) in [5, 5.41) is 14.8. The summed E-state index contributed by atoms with van der Waals surface area (Å²) in [6, 6.07) is 12.9. The summed E-state index contributed by atoms with van der Waals surface area (Å²) in [7, 11) is 0. The van der Waals surface area contributed by atoms with E-state index >= 15 is 0 Å². The Kier molecular flexibility index (Phi) is 7.10. The first-order chi connectivity index (χ1) is 15.9. The van der Waals surface area contributed by atoms with Crippen LogP contribution in [0.25, 0.3) is 0 Å². The van der Waals surface area contributed by atoms with Crippen LogP contribution in [0.1, 0.15) is 50.3 Å². The van der Waals surface area contributed by atoms with E-state index in [4.69, 9.17) is 26.1 Å². The number of likely N-dealkylation sites (tertiary alicyclic amines) is 1. The summed E-state index contributed by atoms with van der Waals surface area (Å²) in [5.41, 5.74) is 2.16. The van der Waals surface area contributed by atoms with Gasteiger partial charge in [0.15, 0.2) is 0 Å². The maximum Gasteiger partial charge on any atom is 0.409 e. The van der Waals surface area contributed by atoms with E-state index in [0.717, 1.165) is 22.6 Å². The SMILES string of the molecule is CCOC(=O)N1CCC2(CC1)N=C(c1ccc(OCC)cc1)C[C@@H](c1cc(Cl)ccc1O)N2. The van der Waals surface area contributed by atoms with Crippen molar-refractivity contribution in [1.82, 2.24) is 10.2 Å². The van der Waals surface area contributed by atoms with Gasteiger partial charge in [0.05, 0.1) is 13.2 Å². The van der Waals surface area contributed by atoms with Crippen molar-refractivity contribution in [3.63, 3.8) is 0 Å². The summed E-state index contributed by atoms with van der Waals surface area (Å²) in [4.78, 5) is 19.1. The second kappa shape index (κ2) is 10.0. The Morgan fingerprint density at radius 3 is 2.58 bits per heavy atom. The van der Waals surface area contributed by atoms with Crippen LogP contribution in [0.15, 0.2) is 47.5 Å². The Labute approximate surface area is 199 Å². The number of nitrogens with zero attached hydrogens (tertiary/aromatic N) is 2. The number of piperidine rings is 1. The van der Waals surface area contributed by atoms with Crippen molar-refractivity contribution in [3.05, 3.63) is 58.6 Å². The van der Waals surface area contributed by atoms with Crippen molar-refractivity contribution >= 4 is 23.4 Å². The van der Waals surface area contributed by atoms with Gasteiger partial charge in [0, 0.05) is 54.7 Å². The van der Waals surface area contributed by atoms with Crippen molar-refractivity contribution in [2.75, 3.05) is 26.3 Å². The largest absolute Gasteiger partial charge is 0.508 e. The highest BCUT2D eigenvalue weighted by atomic mass is 35.5. The molecule has 0 unspecified atom stereocenters. The lowest BCUT2D eigenvalue weighted by molar-refractivity contribution is 0.0778. The number of halogens is 1. The fourth-order valence-electron chi connectivity index (χ4n) is 4.52. The Bertz CT molecular complexity index is 1020. The maximum atomic E-state index is 12.2. The molecule has 2 heterocycles. The van der Waals surface area contributed by atoms with Crippen LogP contribution < -0.4 is 10.1 Å². The molecule has 0 aliphatic carbocycles. The number of amides is 1. The number of carbonyl (C=O) groups is 1. The molecule has 2 aliphatic rings. The van der Waals surface area contributed by atoms with Crippen molar-refractivity contribution in [2.45, 2.75) is 44.8 Å². The van der Waals surface area contributed by atoms with E-state index in [0.29, 0.717) is 50.6 Å². The van der Waals surface area contributed by atoms with E-state index < -0.39 is 5.66 Å². The molecule has 1 atom stereocenters. The third kappa shape index (κ3) is 5.25. The van der Waals surface area contributed by atoms with E-state index in [1.54, 1.807) is 23.1 Å². The summed E-state index contributed by atoms with van der Waals surface area (Å²) in [6.45, 7) is 5.82. The van der Waals surface area contributed by atoms with Gasteiger partial charge in [0.1, 0.15) is 17.2 Å². The van der Waals surface area contributed by atoms with E-state index in [1.807, 2.05) is 38.1 Å². The highest BCUT2D eigenvalue weighted by molar-refractivity contribution is 6.30. The van der Waals surface area contributed by atoms with Crippen LogP contribution in [-0.2, 0) is 4.74 Å². The predicted octanol–water partition coefficient (Wildman–Crippen LogP) is 4.92. The first-order valence-electron chi connectivity index (χ1n) is 11.4. The smallest absolute Gasteiger partial charge is 0.409 e.